The second-order valence-corrected chi connectivity index (χ2v) is 8.63. The molecule has 2 aromatic rings. The minimum Gasteiger partial charge on any atom is -0.492 e. The molecule has 1 fully saturated rings. The van der Waals surface area contributed by atoms with E-state index in [-0.39, 0.29) is 23.3 Å². The van der Waals surface area contributed by atoms with Gasteiger partial charge in [-0.2, -0.15) is 4.31 Å². The second kappa shape index (κ2) is 7.92. The molecule has 1 amide bonds. The average Bonchev–Trinajstić information content (AvgIpc) is 3.40. The zero-order valence-electron chi connectivity index (χ0n) is 16.0. The number of rotatable bonds is 6. The van der Waals surface area contributed by atoms with Gasteiger partial charge in [0.2, 0.25) is 16.8 Å². The fraction of sp³-hybridized carbons (Fsp3) is 0.350. The summed E-state index contributed by atoms with van der Waals surface area (Å²) in [5.74, 6) is 0.987. The van der Waals surface area contributed by atoms with Crippen molar-refractivity contribution in [2.45, 2.75) is 24.7 Å². The maximum atomic E-state index is 13.1. The fourth-order valence-corrected chi connectivity index (χ4v) is 5.04. The highest BCUT2D eigenvalue weighted by Crippen LogP contribution is 2.34. The summed E-state index contributed by atoms with van der Waals surface area (Å²) in [7, 11) is -3.70. The van der Waals surface area contributed by atoms with Gasteiger partial charge in [0.15, 0.2) is 11.5 Å². The van der Waals surface area contributed by atoms with Crippen molar-refractivity contribution in [3.63, 3.8) is 0 Å². The summed E-state index contributed by atoms with van der Waals surface area (Å²) in [5, 5.41) is 2.75. The first-order chi connectivity index (χ1) is 14.0. The lowest BCUT2D eigenvalue weighted by molar-refractivity contribution is 0.102. The molecule has 0 saturated carbocycles. The number of ether oxygens (including phenoxy) is 3. The van der Waals surface area contributed by atoms with Crippen LogP contribution in [0.3, 0.4) is 0 Å². The Morgan fingerprint density at radius 2 is 1.86 bits per heavy atom. The van der Waals surface area contributed by atoms with Crippen molar-refractivity contribution in [2.75, 3.05) is 31.8 Å². The van der Waals surface area contributed by atoms with Gasteiger partial charge in [-0.3, -0.25) is 4.79 Å². The summed E-state index contributed by atoms with van der Waals surface area (Å²) in [6.45, 7) is 3.23. The Bertz CT molecular complexity index is 1030. The van der Waals surface area contributed by atoms with Gasteiger partial charge >= 0.3 is 0 Å². The molecule has 0 bridgehead atoms. The van der Waals surface area contributed by atoms with Gasteiger partial charge in [-0.1, -0.05) is 0 Å². The number of amides is 1. The van der Waals surface area contributed by atoms with Crippen LogP contribution in [-0.4, -0.2) is 45.1 Å². The third kappa shape index (κ3) is 3.88. The number of benzene rings is 2. The Hall–Kier alpha value is -2.78. The Morgan fingerprint density at radius 3 is 2.62 bits per heavy atom. The van der Waals surface area contributed by atoms with Gasteiger partial charge in [-0.25, -0.2) is 8.42 Å². The lowest BCUT2D eigenvalue weighted by Gasteiger charge is -2.19. The number of carbonyl (C=O) groups is 1. The van der Waals surface area contributed by atoms with Gasteiger partial charge in [0.25, 0.3) is 5.91 Å². The van der Waals surface area contributed by atoms with Crippen LogP contribution in [0.5, 0.6) is 17.2 Å². The smallest absolute Gasteiger partial charge is 0.255 e. The molecule has 1 N–H and O–H groups in total. The summed E-state index contributed by atoms with van der Waals surface area (Å²) >= 11 is 0. The number of nitrogens with zero attached hydrogens (tertiary/aromatic N) is 1. The molecule has 8 nitrogen and oxygen atoms in total. The number of hydrogen-bond donors (Lipinski definition) is 1. The summed E-state index contributed by atoms with van der Waals surface area (Å²) in [5.41, 5.74) is 0.751. The molecule has 0 radical (unpaired) electrons. The molecule has 29 heavy (non-hydrogen) atoms. The van der Waals surface area contributed by atoms with Crippen molar-refractivity contribution >= 4 is 21.6 Å². The third-order valence-corrected chi connectivity index (χ3v) is 6.74. The molecule has 2 aliphatic heterocycles. The molecule has 2 heterocycles. The van der Waals surface area contributed by atoms with Crippen LogP contribution in [0, 0.1) is 0 Å². The van der Waals surface area contributed by atoms with Crippen molar-refractivity contribution in [1.82, 2.24) is 4.31 Å². The Morgan fingerprint density at radius 1 is 1.10 bits per heavy atom. The Kier molecular flexibility index (Phi) is 5.33. The molecule has 0 aliphatic carbocycles. The van der Waals surface area contributed by atoms with E-state index < -0.39 is 10.0 Å². The van der Waals surface area contributed by atoms with Crippen molar-refractivity contribution < 1.29 is 27.4 Å². The predicted octanol–water partition coefficient (Wildman–Crippen LogP) is 2.85. The van der Waals surface area contributed by atoms with Crippen LogP contribution in [-0.2, 0) is 10.0 Å². The van der Waals surface area contributed by atoms with Crippen LogP contribution in [0.15, 0.2) is 41.3 Å². The lowest BCUT2D eigenvalue weighted by atomic mass is 10.2. The molecule has 0 spiro atoms. The number of hydrogen-bond acceptors (Lipinski definition) is 6. The highest BCUT2D eigenvalue weighted by molar-refractivity contribution is 7.89. The zero-order valence-corrected chi connectivity index (χ0v) is 16.8. The molecule has 0 unspecified atom stereocenters. The largest absolute Gasteiger partial charge is 0.492 e. The standard InChI is InChI=1S/C20H22N2O6S/c1-2-26-17-8-6-15(12-19(17)29(24,25)22-9-3-4-10-22)21-20(23)14-5-7-16-18(11-14)28-13-27-16/h5-8,11-12H,2-4,9-10,13H2,1H3,(H,21,23). The SMILES string of the molecule is CCOc1ccc(NC(=O)c2ccc3c(c2)OCO3)cc1S(=O)(=O)N1CCCC1. The number of carbonyl (C=O) groups excluding carboxylic acids is 1. The summed E-state index contributed by atoms with van der Waals surface area (Å²) in [6, 6.07) is 9.52. The fourth-order valence-electron chi connectivity index (χ4n) is 3.37. The van der Waals surface area contributed by atoms with Crippen LogP contribution in [0.25, 0.3) is 0 Å². The van der Waals surface area contributed by atoms with E-state index in [1.807, 2.05) is 0 Å². The molecule has 154 valence electrons. The molecule has 0 aromatic heterocycles. The van der Waals surface area contributed by atoms with E-state index >= 15 is 0 Å². The minimum atomic E-state index is -3.70. The lowest BCUT2D eigenvalue weighted by Crippen LogP contribution is -2.28. The van der Waals surface area contributed by atoms with Crippen LogP contribution in [0.4, 0.5) is 5.69 Å². The average molecular weight is 418 g/mol. The van der Waals surface area contributed by atoms with Gasteiger partial charge in [-0.05, 0) is 56.2 Å². The van der Waals surface area contributed by atoms with Gasteiger partial charge in [-0.15, -0.1) is 0 Å². The van der Waals surface area contributed by atoms with Crippen LogP contribution in [0.2, 0.25) is 0 Å². The molecule has 9 heteroatoms. The van der Waals surface area contributed by atoms with Gasteiger partial charge in [0.1, 0.15) is 10.6 Å². The maximum Gasteiger partial charge on any atom is 0.255 e. The summed E-state index contributed by atoms with van der Waals surface area (Å²) < 4.78 is 43.7. The van der Waals surface area contributed by atoms with E-state index in [2.05, 4.69) is 5.32 Å². The van der Waals surface area contributed by atoms with Crippen molar-refractivity contribution in [3.05, 3.63) is 42.0 Å². The molecule has 4 rings (SSSR count). The van der Waals surface area contributed by atoms with Gasteiger partial charge in [0.05, 0.1) is 6.61 Å². The highest BCUT2D eigenvalue weighted by Gasteiger charge is 2.30. The third-order valence-electron chi connectivity index (χ3n) is 4.82. The molecule has 2 aromatic carbocycles. The first-order valence-corrected chi connectivity index (χ1v) is 10.9. The summed E-state index contributed by atoms with van der Waals surface area (Å²) in [6.07, 6.45) is 1.67. The van der Waals surface area contributed by atoms with E-state index in [9.17, 15) is 13.2 Å². The van der Waals surface area contributed by atoms with E-state index in [1.165, 1.54) is 10.4 Å². The number of anilines is 1. The topological polar surface area (TPSA) is 94.2 Å². The van der Waals surface area contributed by atoms with Crippen LogP contribution < -0.4 is 19.5 Å². The van der Waals surface area contributed by atoms with Crippen LogP contribution >= 0.6 is 0 Å². The van der Waals surface area contributed by atoms with E-state index in [4.69, 9.17) is 14.2 Å². The van der Waals surface area contributed by atoms with Crippen molar-refractivity contribution in [2.24, 2.45) is 0 Å². The minimum absolute atomic E-state index is 0.0599. The van der Waals surface area contributed by atoms with Crippen LogP contribution in [0.1, 0.15) is 30.1 Å². The Balaban J connectivity index is 1.62. The summed E-state index contributed by atoms with van der Waals surface area (Å²) in [4.78, 5) is 12.7. The second-order valence-electron chi connectivity index (χ2n) is 6.73. The molecule has 2 aliphatic rings. The first kappa shape index (κ1) is 19.5. The van der Waals surface area contributed by atoms with Crippen molar-refractivity contribution in [1.29, 1.82) is 0 Å². The predicted molar refractivity (Wildman–Crippen MR) is 106 cm³/mol. The van der Waals surface area contributed by atoms with E-state index in [1.54, 1.807) is 37.3 Å². The van der Waals surface area contributed by atoms with Crippen molar-refractivity contribution in [3.8, 4) is 17.2 Å². The normalized spacial score (nSPS) is 16.0. The molecular formula is C20H22N2O6S. The van der Waals surface area contributed by atoms with E-state index in [0.717, 1.165) is 12.8 Å². The number of sulfonamides is 1. The molecule has 1 saturated heterocycles. The van der Waals surface area contributed by atoms with Gasteiger partial charge in [0, 0.05) is 24.3 Å². The maximum absolute atomic E-state index is 13.1. The van der Waals surface area contributed by atoms with E-state index in [0.29, 0.717) is 42.4 Å². The van der Waals surface area contributed by atoms with Gasteiger partial charge < -0.3 is 19.5 Å². The number of nitrogens with one attached hydrogen (secondary N) is 1. The number of fused-ring (bicyclic) bond motifs is 1. The first-order valence-electron chi connectivity index (χ1n) is 9.47. The molecular weight excluding hydrogens is 396 g/mol. The quantitative estimate of drug-likeness (QED) is 0.775. The highest BCUT2D eigenvalue weighted by atomic mass is 32.2. The Labute approximate surface area is 169 Å². The molecule has 0 atom stereocenters. The monoisotopic (exact) mass is 418 g/mol. The zero-order chi connectivity index (χ0) is 20.4.